The van der Waals surface area contributed by atoms with Crippen LogP contribution < -0.4 is 10.9 Å². The van der Waals surface area contributed by atoms with Gasteiger partial charge in [-0.1, -0.05) is 30.3 Å². The number of hydrogen-bond acceptors (Lipinski definition) is 5. The fourth-order valence-corrected chi connectivity index (χ4v) is 5.21. The average molecular weight is 463 g/mol. The van der Waals surface area contributed by atoms with Crippen LogP contribution in [0.1, 0.15) is 18.7 Å². The Morgan fingerprint density at radius 3 is 2.58 bits per heavy atom. The van der Waals surface area contributed by atoms with Gasteiger partial charge in [0.25, 0.3) is 5.56 Å². The van der Waals surface area contributed by atoms with Gasteiger partial charge < -0.3 is 10.3 Å². The fourth-order valence-electron chi connectivity index (χ4n) is 4.24. The van der Waals surface area contributed by atoms with Gasteiger partial charge in [-0.25, -0.2) is 9.37 Å². The van der Waals surface area contributed by atoms with E-state index in [9.17, 15) is 14.0 Å². The van der Waals surface area contributed by atoms with Gasteiger partial charge in [-0.2, -0.15) is 0 Å². The van der Waals surface area contributed by atoms with Crippen LogP contribution in [-0.4, -0.2) is 33.9 Å². The normalized spacial score (nSPS) is 15.1. The summed E-state index contributed by atoms with van der Waals surface area (Å²) in [6, 6.07) is 15.6. The molecule has 3 heterocycles. The number of carbonyl (C=O) groups excluding carboxylic acids is 1. The molecule has 0 saturated carbocycles. The molecule has 4 aromatic rings. The molecule has 1 aliphatic heterocycles. The number of piperidine rings is 1. The first-order valence-electron chi connectivity index (χ1n) is 10.9. The van der Waals surface area contributed by atoms with E-state index in [1.165, 1.54) is 23.5 Å². The number of fused-ring (bicyclic) bond motifs is 1. The van der Waals surface area contributed by atoms with Gasteiger partial charge in [-0.05, 0) is 55.8 Å². The lowest BCUT2D eigenvalue weighted by Crippen LogP contribution is -2.38. The molecule has 1 saturated heterocycles. The summed E-state index contributed by atoms with van der Waals surface area (Å²) in [5.41, 5.74) is 2.18. The highest BCUT2D eigenvalue weighted by atomic mass is 32.1. The molecule has 2 N–H and O–H groups in total. The van der Waals surface area contributed by atoms with Crippen LogP contribution in [0.5, 0.6) is 0 Å². The number of H-pyrrole nitrogens is 1. The summed E-state index contributed by atoms with van der Waals surface area (Å²) in [6.45, 7) is 2.06. The Morgan fingerprint density at radius 1 is 1.12 bits per heavy atom. The number of hydrogen-bond donors (Lipinski definition) is 2. The van der Waals surface area contributed by atoms with Crippen molar-refractivity contribution in [3.8, 4) is 11.1 Å². The molecule has 1 amide bonds. The van der Waals surface area contributed by atoms with E-state index in [0.717, 1.165) is 42.7 Å². The first-order chi connectivity index (χ1) is 16.1. The van der Waals surface area contributed by atoms with Crippen molar-refractivity contribution in [3.63, 3.8) is 0 Å². The molecule has 0 atom stereocenters. The van der Waals surface area contributed by atoms with Crippen molar-refractivity contribution in [2.75, 3.05) is 18.4 Å². The van der Waals surface area contributed by atoms with Gasteiger partial charge in [-0.3, -0.25) is 14.5 Å². The summed E-state index contributed by atoms with van der Waals surface area (Å²) in [5, 5.41) is 5.41. The molecule has 2 aromatic carbocycles. The van der Waals surface area contributed by atoms with Crippen molar-refractivity contribution in [2.24, 2.45) is 5.92 Å². The first-order valence-corrected chi connectivity index (χ1v) is 11.8. The number of para-hydroxylation sites is 1. The van der Waals surface area contributed by atoms with Crippen LogP contribution in [0.25, 0.3) is 21.3 Å². The van der Waals surface area contributed by atoms with Gasteiger partial charge in [0.2, 0.25) is 5.91 Å². The number of likely N-dealkylation sites (tertiary alicyclic amines) is 1. The van der Waals surface area contributed by atoms with Crippen molar-refractivity contribution >= 4 is 33.1 Å². The Balaban J connectivity index is 1.24. The summed E-state index contributed by atoms with van der Waals surface area (Å²) in [4.78, 5) is 35.9. The standard InChI is InChI=1S/C25H23FN4O2S/c26-18-8-6-16(7-9-18)20-15-33-25-22(20)24(32)28-21(29-25)14-30-12-10-17(11-13-30)23(31)27-19-4-2-1-3-5-19/h1-9,15,17H,10-14H2,(H,27,31)(H,28,29,32). The zero-order valence-electron chi connectivity index (χ0n) is 17.9. The second-order valence-corrected chi connectivity index (χ2v) is 9.11. The number of thiophene rings is 1. The number of nitrogens with zero attached hydrogens (tertiary/aromatic N) is 2. The van der Waals surface area contributed by atoms with Gasteiger partial charge in [0.15, 0.2) is 0 Å². The maximum absolute atomic E-state index is 13.3. The Labute approximate surface area is 194 Å². The molecule has 0 radical (unpaired) electrons. The van der Waals surface area contributed by atoms with Crippen molar-refractivity contribution < 1.29 is 9.18 Å². The summed E-state index contributed by atoms with van der Waals surface area (Å²) >= 11 is 1.41. The van der Waals surface area contributed by atoms with Crippen LogP contribution >= 0.6 is 11.3 Å². The molecule has 2 aromatic heterocycles. The van der Waals surface area contributed by atoms with E-state index in [1.54, 1.807) is 12.1 Å². The van der Waals surface area contributed by atoms with Crippen LogP contribution in [0.2, 0.25) is 0 Å². The van der Waals surface area contributed by atoms with Gasteiger partial charge in [-0.15, -0.1) is 11.3 Å². The third-order valence-corrected chi connectivity index (χ3v) is 6.89. The third-order valence-electron chi connectivity index (χ3n) is 6.02. The summed E-state index contributed by atoms with van der Waals surface area (Å²) in [7, 11) is 0. The molecule has 0 aliphatic carbocycles. The minimum absolute atomic E-state index is 0.0218. The average Bonchev–Trinajstić information content (AvgIpc) is 3.25. The van der Waals surface area contributed by atoms with Crippen LogP contribution in [0.3, 0.4) is 0 Å². The molecule has 0 spiro atoms. The SMILES string of the molecule is O=C(Nc1ccccc1)C1CCN(Cc2nc3scc(-c4ccc(F)cc4)c3c(=O)[nH]2)CC1. The van der Waals surface area contributed by atoms with Gasteiger partial charge in [0.1, 0.15) is 16.5 Å². The number of aromatic nitrogens is 2. The van der Waals surface area contributed by atoms with E-state index in [-0.39, 0.29) is 23.2 Å². The van der Waals surface area contributed by atoms with E-state index in [1.807, 2.05) is 35.7 Å². The monoisotopic (exact) mass is 462 g/mol. The lowest BCUT2D eigenvalue weighted by Gasteiger charge is -2.30. The van der Waals surface area contributed by atoms with Crippen LogP contribution in [0, 0.1) is 11.7 Å². The molecule has 1 aliphatic rings. The number of amides is 1. The molecule has 0 bridgehead atoms. The number of carbonyl (C=O) groups is 1. The zero-order valence-corrected chi connectivity index (χ0v) is 18.7. The quantitative estimate of drug-likeness (QED) is 0.453. The number of anilines is 1. The highest BCUT2D eigenvalue weighted by Gasteiger charge is 2.25. The van der Waals surface area contributed by atoms with E-state index in [2.05, 4.69) is 20.2 Å². The van der Waals surface area contributed by atoms with E-state index in [4.69, 9.17) is 0 Å². The number of nitrogens with one attached hydrogen (secondary N) is 2. The molecule has 6 nitrogen and oxygen atoms in total. The second kappa shape index (κ2) is 9.25. The first kappa shape index (κ1) is 21.5. The van der Waals surface area contributed by atoms with Gasteiger partial charge >= 0.3 is 0 Å². The zero-order chi connectivity index (χ0) is 22.8. The summed E-state index contributed by atoms with van der Waals surface area (Å²) in [6.07, 6.45) is 1.53. The fraction of sp³-hybridized carbons (Fsp3) is 0.240. The van der Waals surface area contributed by atoms with E-state index < -0.39 is 0 Å². The van der Waals surface area contributed by atoms with Crippen LogP contribution in [-0.2, 0) is 11.3 Å². The minimum Gasteiger partial charge on any atom is -0.326 e. The molecule has 8 heteroatoms. The number of rotatable bonds is 5. The number of aromatic amines is 1. The Morgan fingerprint density at radius 2 is 1.85 bits per heavy atom. The topological polar surface area (TPSA) is 78.1 Å². The van der Waals surface area contributed by atoms with E-state index in [0.29, 0.717) is 22.6 Å². The smallest absolute Gasteiger partial charge is 0.260 e. The lowest BCUT2D eigenvalue weighted by atomic mass is 9.96. The number of benzene rings is 2. The van der Waals surface area contributed by atoms with E-state index >= 15 is 0 Å². The maximum atomic E-state index is 13.3. The molecule has 1 fully saturated rings. The molecule has 0 unspecified atom stereocenters. The lowest BCUT2D eigenvalue weighted by molar-refractivity contribution is -0.121. The Bertz CT molecular complexity index is 1330. The van der Waals surface area contributed by atoms with Crippen molar-refractivity contribution in [3.05, 3.63) is 82.0 Å². The highest BCUT2D eigenvalue weighted by Crippen LogP contribution is 2.31. The maximum Gasteiger partial charge on any atom is 0.260 e. The molecule has 33 heavy (non-hydrogen) atoms. The summed E-state index contributed by atoms with van der Waals surface area (Å²) < 4.78 is 13.3. The predicted molar refractivity (Wildman–Crippen MR) is 129 cm³/mol. The second-order valence-electron chi connectivity index (χ2n) is 8.25. The largest absolute Gasteiger partial charge is 0.326 e. The minimum atomic E-state index is -0.311. The molecule has 5 rings (SSSR count). The van der Waals surface area contributed by atoms with Crippen molar-refractivity contribution in [1.29, 1.82) is 0 Å². The van der Waals surface area contributed by atoms with Crippen molar-refractivity contribution in [1.82, 2.24) is 14.9 Å². The number of halogens is 1. The summed E-state index contributed by atoms with van der Waals surface area (Å²) in [5.74, 6) is 0.341. The van der Waals surface area contributed by atoms with Crippen molar-refractivity contribution in [2.45, 2.75) is 19.4 Å². The van der Waals surface area contributed by atoms with Gasteiger partial charge in [0, 0.05) is 22.5 Å². The predicted octanol–water partition coefficient (Wildman–Crippen LogP) is 4.64. The van der Waals surface area contributed by atoms with Crippen LogP contribution in [0.15, 0.2) is 64.8 Å². The van der Waals surface area contributed by atoms with Crippen LogP contribution in [0.4, 0.5) is 10.1 Å². The molecular formula is C25H23FN4O2S. The Hall–Kier alpha value is -3.36. The Kier molecular flexibility index (Phi) is 6.02. The highest BCUT2D eigenvalue weighted by molar-refractivity contribution is 7.17. The molecule has 168 valence electrons. The molecular weight excluding hydrogens is 439 g/mol. The van der Waals surface area contributed by atoms with Gasteiger partial charge in [0.05, 0.1) is 11.9 Å². The third kappa shape index (κ3) is 4.72.